The highest BCUT2D eigenvalue weighted by Gasteiger charge is 1.98. The Morgan fingerprint density at radius 3 is 2.68 bits per heavy atom. The molecule has 0 aliphatic heterocycles. The summed E-state index contributed by atoms with van der Waals surface area (Å²) in [5, 5.41) is 5.46. The smallest absolute Gasteiger partial charge is 0.319 e. The molecule has 2 aromatic carbocycles. The quantitative estimate of drug-likeness (QED) is 0.848. The van der Waals surface area contributed by atoms with Crippen molar-refractivity contribution >= 4 is 28.0 Å². The monoisotopic (exact) mass is 360 g/mol. The van der Waals surface area contributed by atoms with Gasteiger partial charge < -0.3 is 15.4 Å². The third-order valence-electron chi connectivity index (χ3n) is 2.95. The van der Waals surface area contributed by atoms with Gasteiger partial charge in [-0.25, -0.2) is 4.79 Å². The van der Waals surface area contributed by atoms with Gasteiger partial charge in [0.05, 0.1) is 7.11 Å². The summed E-state index contributed by atoms with van der Waals surface area (Å²) in [7, 11) is 1.62. The lowest BCUT2D eigenvalue weighted by Crippen LogP contribution is -2.31. The van der Waals surface area contributed by atoms with Crippen molar-refractivity contribution in [1.82, 2.24) is 10.6 Å². The highest BCUT2D eigenvalue weighted by Crippen LogP contribution is 2.12. The van der Waals surface area contributed by atoms with E-state index in [1.54, 1.807) is 13.3 Å². The minimum absolute atomic E-state index is 0.248. The van der Waals surface area contributed by atoms with Crippen molar-refractivity contribution in [2.45, 2.75) is 6.54 Å². The highest BCUT2D eigenvalue weighted by atomic mass is 79.9. The van der Waals surface area contributed by atoms with E-state index in [4.69, 9.17) is 4.74 Å². The molecule has 22 heavy (non-hydrogen) atoms. The van der Waals surface area contributed by atoms with Crippen LogP contribution in [0.4, 0.5) is 4.79 Å². The lowest BCUT2D eigenvalue weighted by molar-refractivity contribution is 0.244. The average molecular weight is 361 g/mol. The predicted octanol–water partition coefficient (Wildman–Crippen LogP) is 3.93. The van der Waals surface area contributed by atoms with Gasteiger partial charge in [-0.1, -0.05) is 40.2 Å². The lowest BCUT2D eigenvalue weighted by atomic mass is 10.2. The zero-order valence-electron chi connectivity index (χ0n) is 12.2. The SMILES string of the molecule is COc1ccc(CNC(=O)N/C=C/c2cccc(Br)c2)cc1. The summed E-state index contributed by atoms with van der Waals surface area (Å²) in [5.74, 6) is 0.796. The molecule has 0 radical (unpaired) electrons. The topological polar surface area (TPSA) is 50.4 Å². The number of carbonyl (C=O) groups excluding carboxylic acids is 1. The van der Waals surface area contributed by atoms with Gasteiger partial charge in [0, 0.05) is 17.2 Å². The summed E-state index contributed by atoms with van der Waals surface area (Å²) in [4.78, 5) is 11.7. The Labute approximate surface area is 138 Å². The fraction of sp³-hybridized carbons (Fsp3) is 0.118. The second kappa shape index (κ2) is 8.24. The van der Waals surface area contributed by atoms with Gasteiger partial charge in [0.2, 0.25) is 0 Å². The zero-order chi connectivity index (χ0) is 15.8. The van der Waals surface area contributed by atoms with Gasteiger partial charge in [-0.2, -0.15) is 0 Å². The second-order valence-corrected chi connectivity index (χ2v) is 5.48. The van der Waals surface area contributed by atoms with Gasteiger partial charge in [0.1, 0.15) is 5.75 Å². The zero-order valence-corrected chi connectivity index (χ0v) is 13.8. The van der Waals surface area contributed by atoms with Gasteiger partial charge in [0.15, 0.2) is 0 Å². The Bertz CT molecular complexity index is 654. The van der Waals surface area contributed by atoms with Crippen LogP contribution in [0.25, 0.3) is 6.08 Å². The van der Waals surface area contributed by atoms with Crippen LogP contribution in [0.1, 0.15) is 11.1 Å². The largest absolute Gasteiger partial charge is 0.497 e. The Hall–Kier alpha value is -2.27. The van der Waals surface area contributed by atoms with Gasteiger partial charge in [0.25, 0.3) is 0 Å². The summed E-state index contributed by atoms with van der Waals surface area (Å²) in [6.07, 6.45) is 3.45. The summed E-state index contributed by atoms with van der Waals surface area (Å²) in [5.41, 5.74) is 2.01. The number of urea groups is 1. The molecule has 0 unspecified atom stereocenters. The molecule has 0 aliphatic rings. The minimum Gasteiger partial charge on any atom is -0.497 e. The van der Waals surface area contributed by atoms with Crippen LogP contribution in [-0.4, -0.2) is 13.1 Å². The number of methoxy groups -OCH3 is 1. The number of amides is 2. The van der Waals surface area contributed by atoms with E-state index in [9.17, 15) is 4.79 Å². The lowest BCUT2D eigenvalue weighted by Gasteiger charge is -2.06. The first-order chi connectivity index (χ1) is 10.7. The number of hydrogen-bond donors (Lipinski definition) is 2. The standard InChI is InChI=1S/C17H17BrN2O2/c1-22-16-7-5-14(6-8-16)12-20-17(21)19-10-9-13-3-2-4-15(18)11-13/h2-11H,12H2,1H3,(H2,19,20,21)/b10-9+. The summed E-state index contributed by atoms with van der Waals surface area (Å²) < 4.78 is 6.08. The Morgan fingerprint density at radius 1 is 1.23 bits per heavy atom. The Balaban J connectivity index is 1.77. The van der Waals surface area contributed by atoms with Crippen molar-refractivity contribution in [2.24, 2.45) is 0 Å². The molecular formula is C17H17BrN2O2. The number of rotatable bonds is 5. The molecule has 4 nitrogen and oxygen atoms in total. The first-order valence-corrected chi connectivity index (χ1v) is 7.56. The van der Waals surface area contributed by atoms with E-state index in [0.29, 0.717) is 6.54 Å². The van der Waals surface area contributed by atoms with Crippen LogP contribution < -0.4 is 15.4 Å². The van der Waals surface area contributed by atoms with Crippen LogP contribution in [-0.2, 0) is 6.54 Å². The van der Waals surface area contributed by atoms with Crippen molar-refractivity contribution < 1.29 is 9.53 Å². The Morgan fingerprint density at radius 2 is 2.00 bits per heavy atom. The summed E-state index contributed by atoms with van der Waals surface area (Å²) in [6, 6.07) is 15.1. The normalized spacial score (nSPS) is 10.5. The number of nitrogens with one attached hydrogen (secondary N) is 2. The number of benzene rings is 2. The molecule has 114 valence electrons. The first kappa shape index (κ1) is 16.1. The molecule has 0 bridgehead atoms. The van der Waals surface area contributed by atoms with Crippen molar-refractivity contribution in [2.75, 3.05) is 7.11 Å². The third-order valence-corrected chi connectivity index (χ3v) is 3.44. The maximum absolute atomic E-state index is 11.7. The maximum Gasteiger partial charge on any atom is 0.319 e. The predicted molar refractivity (Wildman–Crippen MR) is 91.5 cm³/mol. The number of carbonyl (C=O) groups is 1. The molecule has 0 aromatic heterocycles. The number of ether oxygens (including phenoxy) is 1. The van der Waals surface area contributed by atoms with Crippen LogP contribution in [0.2, 0.25) is 0 Å². The van der Waals surface area contributed by atoms with Crippen molar-refractivity contribution in [3.8, 4) is 5.75 Å². The molecule has 0 spiro atoms. The van der Waals surface area contributed by atoms with Crippen LogP contribution in [0.15, 0.2) is 59.2 Å². The van der Waals surface area contributed by atoms with Gasteiger partial charge >= 0.3 is 6.03 Å². The fourth-order valence-electron chi connectivity index (χ4n) is 1.80. The molecule has 2 rings (SSSR count). The average Bonchev–Trinajstić information content (AvgIpc) is 2.53. The van der Waals surface area contributed by atoms with Crippen molar-refractivity contribution in [1.29, 1.82) is 0 Å². The number of halogens is 1. The van der Waals surface area contributed by atoms with Crippen LogP contribution in [0.3, 0.4) is 0 Å². The van der Waals surface area contributed by atoms with E-state index in [2.05, 4.69) is 26.6 Å². The fourth-order valence-corrected chi connectivity index (χ4v) is 2.22. The van der Waals surface area contributed by atoms with E-state index in [0.717, 1.165) is 21.3 Å². The minimum atomic E-state index is -0.248. The molecule has 0 heterocycles. The van der Waals surface area contributed by atoms with Gasteiger partial charge in [-0.15, -0.1) is 0 Å². The van der Waals surface area contributed by atoms with Crippen molar-refractivity contribution in [3.05, 3.63) is 70.3 Å². The molecule has 0 saturated heterocycles. The molecule has 2 N–H and O–H groups in total. The molecule has 0 aliphatic carbocycles. The molecule has 2 aromatic rings. The van der Waals surface area contributed by atoms with Crippen LogP contribution >= 0.6 is 15.9 Å². The maximum atomic E-state index is 11.7. The number of hydrogen-bond acceptors (Lipinski definition) is 2. The molecule has 5 heteroatoms. The molecule has 0 saturated carbocycles. The molecule has 2 amide bonds. The van der Waals surface area contributed by atoms with E-state index >= 15 is 0 Å². The van der Waals surface area contributed by atoms with E-state index in [1.165, 1.54) is 0 Å². The van der Waals surface area contributed by atoms with Crippen LogP contribution in [0.5, 0.6) is 5.75 Å². The summed E-state index contributed by atoms with van der Waals surface area (Å²) in [6.45, 7) is 0.459. The van der Waals surface area contributed by atoms with E-state index in [-0.39, 0.29) is 6.03 Å². The highest BCUT2D eigenvalue weighted by molar-refractivity contribution is 9.10. The van der Waals surface area contributed by atoms with Crippen molar-refractivity contribution in [3.63, 3.8) is 0 Å². The molecule has 0 fully saturated rings. The van der Waals surface area contributed by atoms with Gasteiger partial charge in [-0.05, 0) is 41.5 Å². The van der Waals surface area contributed by atoms with E-state index < -0.39 is 0 Å². The third kappa shape index (κ3) is 5.26. The first-order valence-electron chi connectivity index (χ1n) is 6.77. The second-order valence-electron chi connectivity index (χ2n) is 4.56. The van der Waals surface area contributed by atoms with E-state index in [1.807, 2.05) is 54.6 Å². The molecule has 0 atom stereocenters. The molecular weight excluding hydrogens is 344 g/mol. The van der Waals surface area contributed by atoms with Gasteiger partial charge in [-0.3, -0.25) is 0 Å². The summed E-state index contributed by atoms with van der Waals surface area (Å²) >= 11 is 3.40. The Kier molecular flexibility index (Phi) is 6.03. The van der Waals surface area contributed by atoms with Crippen LogP contribution in [0, 0.1) is 0 Å².